The van der Waals surface area contributed by atoms with Gasteiger partial charge in [0.25, 0.3) is 0 Å². The Morgan fingerprint density at radius 3 is 2.80 bits per heavy atom. The topological polar surface area (TPSA) is 44.9 Å². The quantitative estimate of drug-likeness (QED) is 0.905. The molecule has 1 unspecified atom stereocenters. The van der Waals surface area contributed by atoms with Crippen molar-refractivity contribution in [3.05, 3.63) is 34.9 Å². The van der Waals surface area contributed by atoms with E-state index in [0.29, 0.717) is 12.5 Å². The zero-order valence-electron chi connectivity index (χ0n) is 12.4. The third-order valence-electron chi connectivity index (χ3n) is 4.01. The van der Waals surface area contributed by atoms with Crippen molar-refractivity contribution in [1.29, 1.82) is 0 Å². The van der Waals surface area contributed by atoms with Crippen LogP contribution in [0.15, 0.2) is 29.3 Å². The second-order valence-electron chi connectivity index (χ2n) is 5.52. The SMILES string of the molecule is CCC1(c2cccc(Cl)c2)CN=C(N)N1CCN(C)C. The highest BCUT2D eigenvalue weighted by Gasteiger charge is 2.42. The van der Waals surface area contributed by atoms with Crippen LogP contribution in [0.2, 0.25) is 5.02 Å². The van der Waals surface area contributed by atoms with Crippen molar-refractivity contribution in [2.75, 3.05) is 33.7 Å². The maximum Gasteiger partial charge on any atom is 0.192 e. The zero-order chi connectivity index (χ0) is 14.8. The van der Waals surface area contributed by atoms with Gasteiger partial charge in [0.2, 0.25) is 0 Å². The minimum Gasteiger partial charge on any atom is -0.370 e. The monoisotopic (exact) mass is 294 g/mol. The Kier molecular flexibility index (Phi) is 4.55. The van der Waals surface area contributed by atoms with Crippen LogP contribution in [-0.4, -0.2) is 49.5 Å². The average molecular weight is 295 g/mol. The molecule has 4 nitrogen and oxygen atoms in total. The number of rotatable bonds is 5. The first-order valence-corrected chi connectivity index (χ1v) is 7.36. The van der Waals surface area contributed by atoms with Crippen molar-refractivity contribution in [3.63, 3.8) is 0 Å². The smallest absolute Gasteiger partial charge is 0.192 e. The number of nitrogens with zero attached hydrogens (tertiary/aromatic N) is 3. The van der Waals surface area contributed by atoms with Gasteiger partial charge in [0.15, 0.2) is 5.96 Å². The fourth-order valence-corrected chi connectivity index (χ4v) is 2.95. The molecule has 0 fully saturated rings. The number of halogens is 1. The molecule has 0 bridgehead atoms. The second-order valence-corrected chi connectivity index (χ2v) is 5.96. The van der Waals surface area contributed by atoms with Crippen molar-refractivity contribution in [2.45, 2.75) is 18.9 Å². The summed E-state index contributed by atoms with van der Waals surface area (Å²) in [5.41, 5.74) is 7.14. The van der Waals surface area contributed by atoms with Gasteiger partial charge in [0.1, 0.15) is 0 Å². The predicted octanol–water partition coefficient (Wildman–Crippen LogP) is 2.14. The van der Waals surface area contributed by atoms with Crippen LogP contribution in [0, 0.1) is 0 Å². The number of likely N-dealkylation sites (N-methyl/N-ethyl adjacent to an activating group) is 1. The third kappa shape index (κ3) is 2.76. The van der Waals surface area contributed by atoms with Gasteiger partial charge in [0, 0.05) is 18.1 Å². The van der Waals surface area contributed by atoms with Crippen LogP contribution >= 0.6 is 11.6 Å². The summed E-state index contributed by atoms with van der Waals surface area (Å²) in [5.74, 6) is 0.633. The number of nitrogens with two attached hydrogens (primary N) is 1. The van der Waals surface area contributed by atoms with Gasteiger partial charge >= 0.3 is 0 Å². The molecular weight excluding hydrogens is 272 g/mol. The fraction of sp³-hybridized carbons (Fsp3) is 0.533. The Labute approximate surface area is 126 Å². The lowest BCUT2D eigenvalue weighted by molar-refractivity contribution is 0.179. The summed E-state index contributed by atoms with van der Waals surface area (Å²) in [7, 11) is 4.13. The highest BCUT2D eigenvalue weighted by molar-refractivity contribution is 6.30. The van der Waals surface area contributed by atoms with E-state index in [9.17, 15) is 0 Å². The van der Waals surface area contributed by atoms with Crippen LogP contribution in [0.4, 0.5) is 0 Å². The van der Waals surface area contributed by atoms with E-state index >= 15 is 0 Å². The molecule has 0 radical (unpaired) electrons. The lowest BCUT2D eigenvalue weighted by atomic mass is 9.86. The molecular formula is C15H23ClN4. The van der Waals surface area contributed by atoms with Crippen molar-refractivity contribution < 1.29 is 0 Å². The number of guanidine groups is 1. The molecule has 1 heterocycles. The molecule has 1 atom stereocenters. The number of aliphatic imine (C=N–C) groups is 1. The Bertz CT molecular complexity index is 500. The van der Waals surface area contributed by atoms with Gasteiger partial charge in [-0.2, -0.15) is 0 Å². The molecule has 0 saturated carbocycles. The van der Waals surface area contributed by atoms with E-state index < -0.39 is 0 Å². The largest absolute Gasteiger partial charge is 0.370 e. The van der Waals surface area contributed by atoms with E-state index in [4.69, 9.17) is 17.3 Å². The highest BCUT2D eigenvalue weighted by atomic mass is 35.5. The molecule has 20 heavy (non-hydrogen) atoms. The molecule has 5 heteroatoms. The first kappa shape index (κ1) is 15.1. The Balaban J connectivity index is 2.33. The van der Waals surface area contributed by atoms with Crippen LogP contribution < -0.4 is 5.73 Å². The molecule has 1 aromatic rings. The van der Waals surface area contributed by atoms with E-state index in [0.717, 1.165) is 24.5 Å². The van der Waals surface area contributed by atoms with E-state index in [2.05, 4.69) is 41.9 Å². The summed E-state index contributed by atoms with van der Waals surface area (Å²) in [5, 5.41) is 0.758. The molecule has 110 valence electrons. The summed E-state index contributed by atoms with van der Waals surface area (Å²) in [6.07, 6.45) is 0.949. The average Bonchev–Trinajstić information content (AvgIpc) is 2.74. The predicted molar refractivity (Wildman–Crippen MR) is 85.2 cm³/mol. The van der Waals surface area contributed by atoms with Gasteiger partial charge in [-0.05, 0) is 38.2 Å². The van der Waals surface area contributed by atoms with Crippen molar-refractivity contribution in [1.82, 2.24) is 9.80 Å². The van der Waals surface area contributed by atoms with E-state index in [1.165, 1.54) is 5.56 Å². The molecule has 0 amide bonds. The first-order chi connectivity index (χ1) is 9.49. The number of hydrogen-bond donors (Lipinski definition) is 1. The van der Waals surface area contributed by atoms with Crippen molar-refractivity contribution >= 4 is 17.6 Å². The number of hydrogen-bond acceptors (Lipinski definition) is 4. The standard InChI is InChI=1S/C15H23ClN4/c1-4-15(12-6-5-7-13(16)10-12)11-18-14(17)20(15)9-8-19(2)3/h5-7,10H,4,8-9,11H2,1-3H3,(H2,17,18). The molecule has 2 N–H and O–H groups in total. The molecule has 0 aromatic heterocycles. The Hall–Kier alpha value is -1.26. The molecule has 0 aliphatic carbocycles. The van der Waals surface area contributed by atoms with E-state index in [-0.39, 0.29) is 5.54 Å². The summed E-state index contributed by atoms with van der Waals surface area (Å²) >= 11 is 6.16. The maximum absolute atomic E-state index is 6.16. The third-order valence-corrected chi connectivity index (χ3v) is 4.25. The maximum atomic E-state index is 6.16. The molecule has 0 saturated heterocycles. The fourth-order valence-electron chi connectivity index (χ4n) is 2.76. The van der Waals surface area contributed by atoms with Gasteiger partial charge in [-0.3, -0.25) is 4.99 Å². The number of benzene rings is 1. The van der Waals surface area contributed by atoms with Crippen molar-refractivity contribution in [2.24, 2.45) is 10.7 Å². The van der Waals surface area contributed by atoms with Gasteiger partial charge in [-0.1, -0.05) is 30.7 Å². The summed E-state index contributed by atoms with van der Waals surface area (Å²) in [6.45, 7) is 4.68. The van der Waals surface area contributed by atoms with Crippen LogP contribution in [0.3, 0.4) is 0 Å². The van der Waals surface area contributed by atoms with E-state index in [1.807, 2.05) is 18.2 Å². The lowest BCUT2D eigenvalue weighted by Gasteiger charge is -2.39. The Morgan fingerprint density at radius 2 is 2.20 bits per heavy atom. The lowest BCUT2D eigenvalue weighted by Crippen LogP contribution is -2.51. The van der Waals surface area contributed by atoms with Gasteiger partial charge in [0.05, 0.1) is 12.1 Å². The minimum atomic E-state index is -0.162. The van der Waals surface area contributed by atoms with Crippen LogP contribution in [0.1, 0.15) is 18.9 Å². The van der Waals surface area contributed by atoms with Crippen molar-refractivity contribution in [3.8, 4) is 0 Å². The molecule has 2 rings (SSSR count). The van der Waals surface area contributed by atoms with Crippen LogP contribution in [-0.2, 0) is 5.54 Å². The highest BCUT2D eigenvalue weighted by Crippen LogP contribution is 2.36. The molecule has 0 spiro atoms. The second kappa shape index (κ2) is 6.02. The van der Waals surface area contributed by atoms with Gasteiger partial charge in [-0.25, -0.2) is 0 Å². The molecule has 1 aliphatic heterocycles. The summed E-state index contributed by atoms with van der Waals surface area (Å²) in [6, 6.07) is 8.04. The normalized spacial score (nSPS) is 22.4. The minimum absolute atomic E-state index is 0.162. The van der Waals surface area contributed by atoms with Crippen LogP contribution in [0.5, 0.6) is 0 Å². The molecule has 1 aliphatic rings. The summed E-state index contributed by atoms with van der Waals surface area (Å²) in [4.78, 5) is 8.86. The van der Waals surface area contributed by atoms with Gasteiger partial charge in [-0.15, -0.1) is 0 Å². The summed E-state index contributed by atoms with van der Waals surface area (Å²) < 4.78 is 0. The van der Waals surface area contributed by atoms with Gasteiger partial charge < -0.3 is 15.5 Å². The van der Waals surface area contributed by atoms with E-state index in [1.54, 1.807) is 0 Å². The zero-order valence-corrected chi connectivity index (χ0v) is 13.2. The first-order valence-electron chi connectivity index (χ1n) is 6.98. The molecule has 1 aromatic carbocycles. The van der Waals surface area contributed by atoms with Crippen LogP contribution in [0.25, 0.3) is 0 Å². The Morgan fingerprint density at radius 1 is 1.45 bits per heavy atom.